The molecule has 1 aromatic rings. The fraction of sp³-hybridized carbons (Fsp3) is 0.462. The van der Waals surface area contributed by atoms with Crippen LogP contribution in [0.15, 0.2) is 29.2 Å². The lowest BCUT2D eigenvalue weighted by atomic mass is 9.98. The number of benzene rings is 1. The summed E-state index contributed by atoms with van der Waals surface area (Å²) in [5.74, 6) is 1.11. The molecule has 15 heavy (non-hydrogen) atoms. The van der Waals surface area contributed by atoms with E-state index in [4.69, 9.17) is 5.26 Å². The molecule has 0 amide bonds. The third-order valence-corrected chi connectivity index (χ3v) is 3.76. The SMILES string of the molecule is CCSc1ccc(CC2(C#N)CC2)cc1. The fourth-order valence-corrected chi connectivity index (χ4v) is 2.40. The molecule has 1 aliphatic carbocycles. The minimum Gasteiger partial charge on any atom is -0.198 e. The summed E-state index contributed by atoms with van der Waals surface area (Å²) in [5.41, 5.74) is 1.29. The van der Waals surface area contributed by atoms with E-state index < -0.39 is 0 Å². The van der Waals surface area contributed by atoms with Gasteiger partial charge in [-0.15, -0.1) is 11.8 Å². The molecule has 1 aliphatic rings. The van der Waals surface area contributed by atoms with E-state index in [1.54, 1.807) is 0 Å². The Morgan fingerprint density at radius 3 is 2.47 bits per heavy atom. The van der Waals surface area contributed by atoms with Crippen LogP contribution in [0.3, 0.4) is 0 Å². The first-order valence-corrected chi connectivity index (χ1v) is 6.39. The first-order chi connectivity index (χ1) is 7.28. The van der Waals surface area contributed by atoms with E-state index >= 15 is 0 Å². The highest BCUT2D eigenvalue weighted by atomic mass is 32.2. The van der Waals surface area contributed by atoms with Gasteiger partial charge in [-0.25, -0.2) is 0 Å². The van der Waals surface area contributed by atoms with E-state index in [1.165, 1.54) is 10.5 Å². The molecule has 0 atom stereocenters. The maximum atomic E-state index is 9.00. The minimum atomic E-state index is -0.0145. The van der Waals surface area contributed by atoms with Crippen LogP contribution in [0, 0.1) is 16.7 Å². The summed E-state index contributed by atoms with van der Waals surface area (Å²) in [4.78, 5) is 1.32. The van der Waals surface area contributed by atoms with Crippen LogP contribution in [0.5, 0.6) is 0 Å². The van der Waals surface area contributed by atoms with Gasteiger partial charge < -0.3 is 0 Å². The molecule has 78 valence electrons. The van der Waals surface area contributed by atoms with Gasteiger partial charge in [-0.1, -0.05) is 19.1 Å². The van der Waals surface area contributed by atoms with Gasteiger partial charge >= 0.3 is 0 Å². The average Bonchev–Trinajstić information content (AvgIpc) is 3.02. The van der Waals surface area contributed by atoms with Crippen molar-refractivity contribution in [3.8, 4) is 6.07 Å². The Morgan fingerprint density at radius 1 is 1.33 bits per heavy atom. The quantitative estimate of drug-likeness (QED) is 0.719. The summed E-state index contributed by atoms with van der Waals surface area (Å²) in [6, 6.07) is 11.1. The standard InChI is InChI=1S/C13H15NS/c1-2-15-12-5-3-11(4-6-12)9-13(10-14)7-8-13/h3-6H,2,7-9H2,1H3. The Labute approximate surface area is 95.5 Å². The highest BCUT2D eigenvalue weighted by molar-refractivity contribution is 7.99. The van der Waals surface area contributed by atoms with Gasteiger partial charge in [0.1, 0.15) is 0 Å². The summed E-state index contributed by atoms with van der Waals surface area (Å²) >= 11 is 1.86. The van der Waals surface area contributed by atoms with Crippen molar-refractivity contribution < 1.29 is 0 Å². The zero-order chi connectivity index (χ0) is 10.7. The molecule has 1 aromatic carbocycles. The normalized spacial score (nSPS) is 17.1. The van der Waals surface area contributed by atoms with Crippen molar-refractivity contribution >= 4 is 11.8 Å². The zero-order valence-corrected chi connectivity index (χ0v) is 9.81. The molecule has 0 radical (unpaired) electrons. The van der Waals surface area contributed by atoms with Crippen molar-refractivity contribution in [3.63, 3.8) is 0 Å². The summed E-state index contributed by atoms with van der Waals surface area (Å²) in [7, 11) is 0. The Kier molecular flexibility index (Phi) is 3.02. The topological polar surface area (TPSA) is 23.8 Å². The smallest absolute Gasteiger partial charge is 0.0693 e. The van der Waals surface area contributed by atoms with Crippen LogP contribution < -0.4 is 0 Å². The highest BCUT2D eigenvalue weighted by Crippen LogP contribution is 2.47. The van der Waals surface area contributed by atoms with Crippen molar-refractivity contribution in [1.29, 1.82) is 5.26 Å². The van der Waals surface area contributed by atoms with Crippen molar-refractivity contribution in [1.82, 2.24) is 0 Å². The van der Waals surface area contributed by atoms with E-state index in [0.29, 0.717) is 0 Å². The molecule has 1 nitrogen and oxygen atoms in total. The largest absolute Gasteiger partial charge is 0.198 e. The maximum Gasteiger partial charge on any atom is 0.0693 e. The maximum absolute atomic E-state index is 9.00. The first kappa shape index (κ1) is 10.6. The van der Waals surface area contributed by atoms with E-state index in [1.807, 2.05) is 11.8 Å². The van der Waals surface area contributed by atoms with Crippen molar-refractivity contribution in [3.05, 3.63) is 29.8 Å². The average molecular weight is 217 g/mol. The number of thioether (sulfide) groups is 1. The van der Waals surface area contributed by atoms with Gasteiger partial charge in [0.2, 0.25) is 0 Å². The molecule has 0 heterocycles. The van der Waals surface area contributed by atoms with Crippen LogP contribution in [-0.2, 0) is 6.42 Å². The van der Waals surface area contributed by atoms with Crippen LogP contribution in [0.2, 0.25) is 0 Å². The molecule has 0 saturated heterocycles. The summed E-state index contributed by atoms with van der Waals surface area (Å²) in [5, 5.41) is 9.00. The first-order valence-electron chi connectivity index (χ1n) is 5.41. The van der Waals surface area contributed by atoms with Crippen molar-refractivity contribution in [2.45, 2.75) is 31.1 Å². The summed E-state index contributed by atoms with van der Waals surface area (Å²) in [6.45, 7) is 2.16. The fourth-order valence-electron chi connectivity index (χ4n) is 1.74. The van der Waals surface area contributed by atoms with Crippen LogP contribution in [0.25, 0.3) is 0 Å². The lowest BCUT2D eigenvalue weighted by Gasteiger charge is -2.06. The number of nitriles is 1. The Balaban J connectivity index is 2.02. The van der Waals surface area contributed by atoms with Gasteiger partial charge in [0, 0.05) is 4.90 Å². The molecule has 0 N–H and O–H groups in total. The van der Waals surface area contributed by atoms with Crippen LogP contribution in [0.4, 0.5) is 0 Å². The molecule has 0 aliphatic heterocycles. The highest BCUT2D eigenvalue weighted by Gasteiger charge is 2.42. The van der Waals surface area contributed by atoms with Gasteiger partial charge in [-0.3, -0.25) is 0 Å². The lowest BCUT2D eigenvalue weighted by Crippen LogP contribution is -2.00. The van der Waals surface area contributed by atoms with E-state index in [-0.39, 0.29) is 5.41 Å². The number of hydrogen-bond acceptors (Lipinski definition) is 2. The molecule has 0 unspecified atom stereocenters. The van der Waals surface area contributed by atoms with Gasteiger partial charge in [-0.05, 0) is 42.7 Å². The summed E-state index contributed by atoms with van der Waals surface area (Å²) in [6.07, 6.45) is 3.09. The molecular weight excluding hydrogens is 202 g/mol. The Morgan fingerprint density at radius 2 is 2.00 bits per heavy atom. The third kappa shape index (κ3) is 2.54. The van der Waals surface area contributed by atoms with Gasteiger partial charge in [0.25, 0.3) is 0 Å². The van der Waals surface area contributed by atoms with Gasteiger partial charge in [0.05, 0.1) is 11.5 Å². The van der Waals surface area contributed by atoms with E-state index in [9.17, 15) is 0 Å². The molecule has 0 aromatic heterocycles. The second kappa shape index (κ2) is 4.28. The molecule has 2 rings (SSSR count). The number of hydrogen-bond donors (Lipinski definition) is 0. The summed E-state index contributed by atoms with van der Waals surface area (Å²) < 4.78 is 0. The molecule has 1 saturated carbocycles. The van der Waals surface area contributed by atoms with Crippen molar-refractivity contribution in [2.24, 2.45) is 5.41 Å². The third-order valence-electron chi connectivity index (χ3n) is 2.87. The molecule has 1 fully saturated rings. The van der Waals surface area contributed by atoms with Crippen LogP contribution >= 0.6 is 11.8 Å². The predicted molar refractivity (Wildman–Crippen MR) is 63.8 cm³/mol. The van der Waals surface area contributed by atoms with Gasteiger partial charge in [-0.2, -0.15) is 5.26 Å². The zero-order valence-electron chi connectivity index (χ0n) is 8.99. The van der Waals surface area contributed by atoms with Crippen molar-refractivity contribution in [2.75, 3.05) is 5.75 Å². The lowest BCUT2D eigenvalue weighted by molar-refractivity contribution is 0.664. The van der Waals surface area contributed by atoms with Crippen LogP contribution in [-0.4, -0.2) is 5.75 Å². The van der Waals surface area contributed by atoms with E-state index in [2.05, 4.69) is 37.3 Å². The molecule has 2 heteroatoms. The van der Waals surface area contributed by atoms with Crippen LogP contribution in [0.1, 0.15) is 25.3 Å². The molecule has 0 spiro atoms. The number of nitrogens with zero attached hydrogens (tertiary/aromatic N) is 1. The second-order valence-corrected chi connectivity index (χ2v) is 5.48. The van der Waals surface area contributed by atoms with Gasteiger partial charge in [0.15, 0.2) is 0 Å². The Bertz CT molecular complexity index is 371. The minimum absolute atomic E-state index is 0.0145. The predicted octanol–water partition coefficient (Wildman–Crippen LogP) is 3.64. The van der Waals surface area contributed by atoms with E-state index in [0.717, 1.165) is 25.0 Å². The Hall–Kier alpha value is -0.940. The second-order valence-electron chi connectivity index (χ2n) is 4.15. The molecular formula is C13H15NS. The number of rotatable bonds is 4. The molecule has 0 bridgehead atoms. The monoisotopic (exact) mass is 217 g/mol.